The predicted octanol–water partition coefficient (Wildman–Crippen LogP) is 1.79. The zero-order chi connectivity index (χ0) is 14.7. The van der Waals surface area contributed by atoms with Gasteiger partial charge in [0.05, 0.1) is 13.3 Å². The van der Waals surface area contributed by atoms with Gasteiger partial charge in [-0.2, -0.15) is 0 Å². The number of hydrogen-bond donors (Lipinski definition) is 2. The van der Waals surface area contributed by atoms with Crippen molar-refractivity contribution in [3.63, 3.8) is 0 Å². The lowest BCUT2D eigenvalue weighted by molar-refractivity contribution is 0.397. The number of anilines is 2. The van der Waals surface area contributed by atoms with Gasteiger partial charge in [0, 0.05) is 38.2 Å². The summed E-state index contributed by atoms with van der Waals surface area (Å²) in [6.45, 7) is 0.611. The average Bonchev–Trinajstić information content (AvgIpc) is 3.01. The Balaban J connectivity index is 1.81. The Kier molecular flexibility index (Phi) is 3.55. The fourth-order valence-corrected chi connectivity index (χ4v) is 1.99. The van der Waals surface area contributed by atoms with E-state index in [2.05, 4.69) is 25.6 Å². The molecule has 0 bridgehead atoms. The van der Waals surface area contributed by atoms with Crippen molar-refractivity contribution in [2.45, 2.75) is 6.54 Å². The van der Waals surface area contributed by atoms with E-state index >= 15 is 0 Å². The monoisotopic (exact) mass is 284 g/mol. The van der Waals surface area contributed by atoms with Crippen LogP contribution in [0, 0.1) is 0 Å². The Hall–Kier alpha value is -2.83. The molecule has 0 aliphatic heterocycles. The molecule has 0 amide bonds. The minimum Gasteiger partial charge on any atom is -0.481 e. The van der Waals surface area contributed by atoms with Crippen molar-refractivity contribution in [2.24, 2.45) is 0 Å². The Labute approximate surface area is 122 Å². The number of nitrogens with zero attached hydrogens (tertiary/aromatic N) is 4. The van der Waals surface area contributed by atoms with Crippen LogP contribution in [0.2, 0.25) is 0 Å². The van der Waals surface area contributed by atoms with Crippen LogP contribution in [0.25, 0.3) is 5.65 Å². The average molecular weight is 284 g/mol. The molecule has 3 rings (SSSR count). The number of nitrogens with one attached hydrogen (secondary N) is 2. The number of pyridine rings is 1. The summed E-state index contributed by atoms with van der Waals surface area (Å²) in [5, 5.41) is 6.32. The molecule has 0 aliphatic rings. The Morgan fingerprint density at radius 1 is 1.29 bits per heavy atom. The van der Waals surface area contributed by atoms with E-state index < -0.39 is 0 Å². The molecule has 0 aromatic carbocycles. The molecular weight excluding hydrogens is 268 g/mol. The van der Waals surface area contributed by atoms with Crippen molar-refractivity contribution in [2.75, 3.05) is 24.8 Å². The van der Waals surface area contributed by atoms with Crippen molar-refractivity contribution in [3.8, 4) is 5.88 Å². The smallest absolute Gasteiger partial charge is 0.212 e. The molecule has 21 heavy (non-hydrogen) atoms. The molecule has 0 saturated heterocycles. The number of ether oxygens (including phenoxy) is 1. The summed E-state index contributed by atoms with van der Waals surface area (Å²) in [5.41, 5.74) is 1.83. The van der Waals surface area contributed by atoms with Crippen LogP contribution in [0.4, 0.5) is 11.6 Å². The van der Waals surface area contributed by atoms with Gasteiger partial charge in [-0.1, -0.05) is 6.07 Å². The third-order valence-corrected chi connectivity index (χ3v) is 3.10. The summed E-state index contributed by atoms with van der Waals surface area (Å²) >= 11 is 0. The van der Waals surface area contributed by atoms with Crippen LogP contribution in [-0.2, 0) is 6.54 Å². The lowest BCUT2D eigenvalue weighted by atomic mass is 10.3. The normalized spacial score (nSPS) is 10.6. The van der Waals surface area contributed by atoms with Crippen LogP contribution in [0.3, 0.4) is 0 Å². The fraction of sp³-hybridized carbons (Fsp3) is 0.214. The van der Waals surface area contributed by atoms with E-state index in [1.807, 2.05) is 36.0 Å². The number of methoxy groups -OCH3 is 1. The molecule has 0 spiro atoms. The molecule has 7 heteroatoms. The fourth-order valence-electron chi connectivity index (χ4n) is 1.99. The molecule has 3 heterocycles. The van der Waals surface area contributed by atoms with E-state index in [-0.39, 0.29) is 0 Å². The van der Waals surface area contributed by atoms with E-state index in [1.54, 1.807) is 19.5 Å². The number of imidazole rings is 1. The van der Waals surface area contributed by atoms with Gasteiger partial charge >= 0.3 is 0 Å². The standard InChI is InChI=1S/C14H16N6O/c1-15-11-9-20-6-5-16-14(20)13(19-11)18-8-10-3-4-12(21-2)17-7-10/h3-7,9,15H,8H2,1-2H3,(H,18,19). The van der Waals surface area contributed by atoms with E-state index in [1.165, 1.54) is 0 Å². The Bertz CT molecular complexity index is 737. The molecule has 3 aromatic rings. The molecule has 0 atom stereocenters. The highest BCUT2D eigenvalue weighted by Crippen LogP contribution is 2.17. The summed E-state index contributed by atoms with van der Waals surface area (Å²) in [7, 11) is 3.44. The summed E-state index contributed by atoms with van der Waals surface area (Å²) in [6.07, 6.45) is 7.30. The second-order valence-corrected chi connectivity index (χ2v) is 4.45. The highest BCUT2D eigenvalue weighted by atomic mass is 16.5. The molecule has 2 N–H and O–H groups in total. The van der Waals surface area contributed by atoms with E-state index in [9.17, 15) is 0 Å². The second kappa shape index (κ2) is 5.66. The van der Waals surface area contributed by atoms with Gasteiger partial charge in [0.15, 0.2) is 11.5 Å². The number of hydrogen-bond acceptors (Lipinski definition) is 6. The highest BCUT2D eigenvalue weighted by Gasteiger charge is 2.06. The lowest BCUT2D eigenvalue weighted by Crippen LogP contribution is -2.06. The topological polar surface area (TPSA) is 76.4 Å². The van der Waals surface area contributed by atoms with Crippen LogP contribution in [-0.4, -0.2) is 33.5 Å². The van der Waals surface area contributed by atoms with Gasteiger partial charge in [0.25, 0.3) is 0 Å². The minimum atomic E-state index is 0.602. The van der Waals surface area contributed by atoms with Crippen LogP contribution in [0.15, 0.2) is 36.9 Å². The number of fused-ring (bicyclic) bond motifs is 1. The number of aromatic nitrogens is 4. The SMILES string of the molecule is CNc1cn2ccnc2c(NCc2ccc(OC)nc2)n1. The molecular formula is C14H16N6O. The first kappa shape index (κ1) is 13.2. The van der Waals surface area contributed by atoms with Crippen molar-refractivity contribution in [3.05, 3.63) is 42.5 Å². The zero-order valence-corrected chi connectivity index (χ0v) is 11.9. The summed E-state index contributed by atoms with van der Waals surface area (Å²) in [5.74, 6) is 2.10. The lowest BCUT2D eigenvalue weighted by Gasteiger charge is -2.09. The van der Waals surface area contributed by atoms with Crippen LogP contribution in [0.5, 0.6) is 5.88 Å². The summed E-state index contributed by atoms with van der Waals surface area (Å²) in [4.78, 5) is 13.0. The van der Waals surface area contributed by atoms with Crippen LogP contribution < -0.4 is 15.4 Å². The molecule has 0 saturated carbocycles. The molecule has 0 unspecified atom stereocenters. The highest BCUT2D eigenvalue weighted by molar-refractivity contribution is 5.65. The van der Waals surface area contributed by atoms with Crippen LogP contribution in [0.1, 0.15) is 5.56 Å². The van der Waals surface area contributed by atoms with Gasteiger partial charge in [0.2, 0.25) is 5.88 Å². The molecule has 0 radical (unpaired) electrons. The van der Waals surface area contributed by atoms with Gasteiger partial charge in [-0.3, -0.25) is 0 Å². The van der Waals surface area contributed by atoms with Gasteiger partial charge in [-0.05, 0) is 5.56 Å². The van der Waals surface area contributed by atoms with E-state index in [4.69, 9.17) is 4.74 Å². The Morgan fingerprint density at radius 2 is 2.19 bits per heavy atom. The summed E-state index contributed by atoms with van der Waals surface area (Å²) < 4.78 is 6.97. The van der Waals surface area contributed by atoms with Gasteiger partial charge < -0.3 is 19.8 Å². The van der Waals surface area contributed by atoms with Gasteiger partial charge in [0.1, 0.15) is 5.82 Å². The van der Waals surface area contributed by atoms with Crippen LogP contribution >= 0.6 is 0 Å². The maximum absolute atomic E-state index is 5.04. The van der Waals surface area contributed by atoms with Gasteiger partial charge in [-0.25, -0.2) is 15.0 Å². The van der Waals surface area contributed by atoms with Crippen molar-refractivity contribution < 1.29 is 4.74 Å². The minimum absolute atomic E-state index is 0.602. The third kappa shape index (κ3) is 2.71. The zero-order valence-electron chi connectivity index (χ0n) is 11.9. The van der Waals surface area contributed by atoms with Crippen molar-refractivity contribution in [1.82, 2.24) is 19.4 Å². The maximum Gasteiger partial charge on any atom is 0.212 e. The predicted molar refractivity (Wildman–Crippen MR) is 80.6 cm³/mol. The molecule has 3 aromatic heterocycles. The van der Waals surface area contributed by atoms with E-state index in [0.29, 0.717) is 12.4 Å². The van der Waals surface area contributed by atoms with Crippen molar-refractivity contribution in [1.29, 1.82) is 0 Å². The Morgan fingerprint density at radius 3 is 2.90 bits per heavy atom. The third-order valence-electron chi connectivity index (χ3n) is 3.10. The van der Waals surface area contributed by atoms with Gasteiger partial charge in [-0.15, -0.1) is 0 Å². The molecule has 108 valence electrons. The first-order valence-corrected chi connectivity index (χ1v) is 6.54. The molecule has 0 fully saturated rings. The van der Waals surface area contributed by atoms with Crippen molar-refractivity contribution >= 4 is 17.3 Å². The molecule has 0 aliphatic carbocycles. The first-order valence-electron chi connectivity index (χ1n) is 6.54. The molecule has 7 nitrogen and oxygen atoms in total. The second-order valence-electron chi connectivity index (χ2n) is 4.45. The number of rotatable bonds is 5. The first-order chi connectivity index (χ1) is 10.3. The summed E-state index contributed by atoms with van der Waals surface area (Å²) in [6, 6.07) is 3.79. The largest absolute Gasteiger partial charge is 0.481 e. The maximum atomic E-state index is 5.04. The quantitative estimate of drug-likeness (QED) is 0.744. The van der Waals surface area contributed by atoms with E-state index in [0.717, 1.165) is 22.8 Å².